The highest BCUT2D eigenvalue weighted by atomic mass is 79.9. The lowest BCUT2D eigenvalue weighted by molar-refractivity contribution is 0.0687. The minimum Gasteiger partial charge on any atom is -0.489 e. The van der Waals surface area contributed by atoms with Crippen LogP contribution in [0.4, 0.5) is 0 Å². The molecule has 0 fully saturated rings. The lowest BCUT2D eigenvalue weighted by Crippen LogP contribution is -2.08. The van der Waals surface area contributed by atoms with Crippen LogP contribution in [0.5, 0.6) is 5.75 Å². The molecule has 1 aromatic carbocycles. The number of rotatable bonds is 4. The van der Waals surface area contributed by atoms with Gasteiger partial charge in [0.15, 0.2) is 5.69 Å². The fourth-order valence-corrected chi connectivity index (χ4v) is 2.15. The van der Waals surface area contributed by atoms with Gasteiger partial charge < -0.3 is 9.84 Å². The van der Waals surface area contributed by atoms with E-state index in [2.05, 4.69) is 20.9 Å². The fraction of sp³-hybridized carbons (Fsp3) is 0.143. The Labute approximate surface area is 119 Å². The average Bonchev–Trinajstić information content (AvgIpc) is 2.38. The number of benzene rings is 1. The van der Waals surface area contributed by atoms with Gasteiger partial charge in [0.05, 0.1) is 0 Å². The molecule has 0 unspecified atom stereocenters. The summed E-state index contributed by atoms with van der Waals surface area (Å²) in [5.41, 5.74) is 1.56. The maximum Gasteiger partial charge on any atom is 0.354 e. The van der Waals surface area contributed by atoms with Gasteiger partial charge in [0.1, 0.15) is 12.4 Å². The van der Waals surface area contributed by atoms with Gasteiger partial charge in [-0.3, -0.25) is 0 Å². The molecule has 4 nitrogen and oxygen atoms in total. The Morgan fingerprint density at radius 3 is 2.89 bits per heavy atom. The molecule has 0 bridgehead atoms. The normalized spacial score (nSPS) is 10.2. The molecule has 19 heavy (non-hydrogen) atoms. The number of hydrogen-bond donors (Lipinski definition) is 1. The van der Waals surface area contributed by atoms with Crippen molar-refractivity contribution in [1.29, 1.82) is 0 Å². The van der Waals surface area contributed by atoms with Crippen LogP contribution < -0.4 is 4.74 Å². The minimum absolute atomic E-state index is 0.0252. The topological polar surface area (TPSA) is 59.4 Å². The number of carboxylic acids is 1. The molecule has 1 aromatic heterocycles. The highest BCUT2D eigenvalue weighted by molar-refractivity contribution is 9.10. The molecule has 0 aliphatic carbocycles. The fourth-order valence-electron chi connectivity index (χ4n) is 1.68. The van der Waals surface area contributed by atoms with Gasteiger partial charge in [-0.05, 0) is 36.8 Å². The van der Waals surface area contributed by atoms with Crippen molar-refractivity contribution >= 4 is 21.9 Å². The second kappa shape index (κ2) is 5.84. The smallest absolute Gasteiger partial charge is 0.354 e. The molecule has 5 heteroatoms. The van der Waals surface area contributed by atoms with Crippen LogP contribution in [-0.2, 0) is 6.61 Å². The third-order valence-electron chi connectivity index (χ3n) is 2.61. The van der Waals surface area contributed by atoms with Gasteiger partial charge >= 0.3 is 5.97 Å². The van der Waals surface area contributed by atoms with E-state index in [0.29, 0.717) is 5.56 Å². The maximum absolute atomic E-state index is 11.0. The van der Waals surface area contributed by atoms with E-state index in [9.17, 15) is 4.79 Å². The predicted molar refractivity (Wildman–Crippen MR) is 74.4 cm³/mol. The zero-order valence-electron chi connectivity index (χ0n) is 10.3. The third-order valence-corrected chi connectivity index (χ3v) is 3.11. The number of nitrogens with zero attached hydrogens (tertiary/aromatic N) is 1. The maximum atomic E-state index is 11.0. The minimum atomic E-state index is -1.05. The van der Waals surface area contributed by atoms with Crippen molar-refractivity contribution in [2.45, 2.75) is 13.5 Å². The van der Waals surface area contributed by atoms with Gasteiger partial charge in [-0.25, -0.2) is 9.78 Å². The van der Waals surface area contributed by atoms with Gasteiger partial charge in [-0.2, -0.15) is 0 Å². The van der Waals surface area contributed by atoms with Gasteiger partial charge in [0.25, 0.3) is 0 Å². The molecule has 2 aromatic rings. The van der Waals surface area contributed by atoms with Crippen LogP contribution in [-0.4, -0.2) is 16.1 Å². The summed E-state index contributed by atoms with van der Waals surface area (Å²) in [6, 6.07) is 9.06. The Morgan fingerprint density at radius 2 is 2.21 bits per heavy atom. The third kappa shape index (κ3) is 3.32. The molecule has 1 N–H and O–H groups in total. The molecular formula is C14H12BrNO3. The van der Waals surface area contributed by atoms with Crippen molar-refractivity contribution in [3.63, 3.8) is 0 Å². The molecule has 98 valence electrons. The summed E-state index contributed by atoms with van der Waals surface area (Å²) in [5.74, 6) is -0.324. The average molecular weight is 322 g/mol. The summed E-state index contributed by atoms with van der Waals surface area (Å²) in [5, 5.41) is 9.03. The first-order valence-electron chi connectivity index (χ1n) is 5.64. The number of aromatic carboxylic acids is 1. The zero-order chi connectivity index (χ0) is 13.8. The van der Waals surface area contributed by atoms with Crippen molar-refractivity contribution in [1.82, 2.24) is 4.98 Å². The first-order valence-corrected chi connectivity index (χ1v) is 6.43. The molecule has 0 aliphatic heterocycles. The highest BCUT2D eigenvalue weighted by Crippen LogP contribution is 2.23. The molecule has 0 aliphatic rings. The Morgan fingerprint density at radius 1 is 1.42 bits per heavy atom. The molecular weight excluding hydrogens is 310 g/mol. The van der Waals surface area contributed by atoms with E-state index in [1.54, 1.807) is 12.1 Å². The Bertz CT molecular complexity index is 613. The summed E-state index contributed by atoms with van der Waals surface area (Å²) in [4.78, 5) is 14.9. The molecule has 0 saturated heterocycles. The Kier molecular flexibility index (Phi) is 4.16. The van der Waals surface area contributed by atoms with Crippen molar-refractivity contribution < 1.29 is 14.6 Å². The van der Waals surface area contributed by atoms with Crippen LogP contribution in [0.2, 0.25) is 0 Å². The SMILES string of the molecule is Cc1cc(Br)ccc1OCc1cccnc1C(=O)O. The largest absolute Gasteiger partial charge is 0.489 e. The number of hydrogen-bond acceptors (Lipinski definition) is 3. The van der Waals surface area contributed by atoms with Crippen molar-refractivity contribution in [2.75, 3.05) is 0 Å². The molecule has 0 spiro atoms. The van der Waals surface area contributed by atoms with Crippen molar-refractivity contribution in [3.05, 3.63) is 57.8 Å². The van der Waals surface area contributed by atoms with Crippen LogP contribution in [0, 0.1) is 6.92 Å². The van der Waals surface area contributed by atoms with E-state index >= 15 is 0 Å². The monoisotopic (exact) mass is 321 g/mol. The molecule has 0 atom stereocenters. The summed E-state index contributed by atoms with van der Waals surface area (Å²) in [6.07, 6.45) is 1.46. The summed E-state index contributed by atoms with van der Waals surface area (Å²) in [6.45, 7) is 2.11. The summed E-state index contributed by atoms with van der Waals surface area (Å²) < 4.78 is 6.62. The van der Waals surface area contributed by atoms with E-state index < -0.39 is 5.97 Å². The van der Waals surface area contributed by atoms with E-state index in [-0.39, 0.29) is 12.3 Å². The number of pyridine rings is 1. The number of halogens is 1. The van der Waals surface area contributed by atoms with Gasteiger partial charge in [0.2, 0.25) is 0 Å². The highest BCUT2D eigenvalue weighted by Gasteiger charge is 2.11. The van der Waals surface area contributed by atoms with Crippen LogP contribution in [0.1, 0.15) is 21.6 Å². The summed E-state index contributed by atoms with van der Waals surface area (Å²) >= 11 is 3.38. The molecule has 2 rings (SSSR count). The van der Waals surface area contributed by atoms with Crippen molar-refractivity contribution in [2.24, 2.45) is 0 Å². The standard InChI is InChI=1S/C14H12BrNO3/c1-9-7-11(15)4-5-12(9)19-8-10-3-2-6-16-13(10)14(17)18/h2-7H,8H2,1H3,(H,17,18). The van der Waals surface area contributed by atoms with E-state index in [1.165, 1.54) is 6.20 Å². The van der Waals surface area contributed by atoms with E-state index in [4.69, 9.17) is 9.84 Å². The predicted octanol–water partition coefficient (Wildman–Crippen LogP) is 3.43. The first-order chi connectivity index (χ1) is 9.08. The van der Waals surface area contributed by atoms with E-state index in [1.807, 2.05) is 25.1 Å². The van der Waals surface area contributed by atoms with Crippen LogP contribution in [0.15, 0.2) is 41.0 Å². The second-order valence-corrected chi connectivity index (χ2v) is 4.93. The Hall–Kier alpha value is -1.88. The molecule has 1 heterocycles. The van der Waals surface area contributed by atoms with Crippen LogP contribution in [0.25, 0.3) is 0 Å². The van der Waals surface area contributed by atoms with Gasteiger partial charge in [0, 0.05) is 16.2 Å². The zero-order valence-corrected chi connectivity index (χ0v) is 11.8. The number of aromatic nitrogens is 1. The van der Waals surface area contributed by atoms with Crippen LogP contribution in [0.3, 0.4) is 0 Å². The lowest BCUT2D eigenvalue weighted by atomic mass is 10.2. The molecule has 0 saturated carbocycles. The Balaban J connectivity index is 2.17. The van der Waals surface area contributed by atoms with Crippen LogP contribution >= 0.6 is 15.9 Å². The van der Waals surface area contributed by atoms with Gasteiger partial charge in [-0.1, -0.05) is 22.0 Å². The quantitative estimate of drug-likeness (QED) is 0.937. The molecule has 0 radical (unpaired) electrons. The molecule has 0 amide bonds. The number of ether oxygens (including phenoxy) is 1. The number of aryl methyl sites for hydroxylation is 1. The number of carbonyl (C=O) groups is 1. The first kappa shape index (κ1) is 13.5. The second-order valence-electron chi connectivity index (χ2n) is 4.01. The van der Waals surface area contributed by atoms with E-state index in [0.717, 1.165) is 15.8 Å². The summed E-state index contributed by atoms with van der Waals surface area (Å²) in [7, 11) is 0. The van der Waals surface area contributed by atoms with Crippen molar-refractivity contribution in [3.8, 4) is 5.75 Å². The van der Waals surface area contributed by atoms with Gasteiger partial charge in [-0.15, -0.1) is 0 Å². The lowest BCUT2D eigenvalue weighted by Gasteiger charge is -2.10. The number of carboxylic acid groups (broad SMARTS) is 1.